The first-order chi connectivity index (χ1) is 23.0. The highest BCUT2D eigenvalue weighted by molar-refractivity contribution is 5.76. The standard InChI is InChI=1S/C19H31N3O4.C16H24N2O4.CH2O/c1-19(2,3)14-9(7-11(23)10(17(14)24)8-22(5)6)12-15(20)13(18(25)26)16(12)21-4;1-16(2,3)12-8(5-7(19)6-9(12)20)10-13(17)11(15(21)22)14(10)18-4;1-2/h7,12-13,15-16,21,23-24H,8,20H2,1-6H3,(H,25,26);5-6,10-11,13-14,18-20H,17H2,1-4H3,(H,21,22);1H2. The van der Waals surface area contributed by atoms with Gasteiger partial charge in [0.1, 0.15) is 29.8 Å². The van der Waals surface area contributed by atoms with Gasteiger partial charge in [-0.2, -0.15) is 0 Å². The molecule has 2 saturated carbocycles. The molecule has 0 amide bonds. The summed E-state index contributed by atoms with van der Waals surface area (Å²) >= 11 is 0. The summed E-state index contributed by atoms with van der Waals surface area (Å²) < 4.78 is 0. The van der Waals surface area contributed by atoms with Crippen LogP contribution in [0.2, 0.25) is 0 Å². The molecule has 0 aliphatic heterocycles. The first-order valence-corrected chi connectivity index (χ1v) is 16.4. The van der Waals surface area contributed by atoms with Crippen molar-refractivity contribution in [3.8, 4) is 23.0 Å². The molecule has 4 rings (SSSR count). The maximum Gasteiger partial charge on any atom is 0.309 e. The van der Waals surface area contributed by atoms with Crippen LogP contribution in [-0.2, 0) is 31.8 Å². The highest BCUT2D eigenvalue weighted by Gasteiger charge is 2.55. The lowest BCUT2D eigenvalue weighted by atomic mass is 9.60. The number of nitrogens with one attached hydrogen (secondary N) is 2. The molecule has 0 radical (unpaired) electrons. The second-order valence-electron chi connectivity index (χ2n) is 15.4. The van der Waals surface area contributed by atoms with Crippen LogP contribution in [0.5, 0.6) is 23.0 Å². The van der Waals surface area contributed by atoms with Crippen LogP contribution >= 0.6 is 0 Å². The van der Waals surface area contributed by atoms with E-state index in [-0.39, 0.29) is 52.3 Å². The van der Waals surface area contributed by atoms with Gasteiger partial charge in [0.25, 0.3) is 0 Å². The van der Waals surface area contributed by atoms with Crippen LogP contribution < -0.4 is 22.1 Å². The quantitative estimate of drug-likeness (QED) is 0.189. The zero-order valence-electron chi connectivity index (χ0n) is 30.8. The number of likely N-dealkylation sites (N-methyl/N-ethyl adjacent to an activating group) is 2. The van der Waals surface area contributed by atoms with E-state index in [4.69, 9.17) is 16.3 Å². The number of nitrogens with zero attached hydrogens (tertiary/aromatic N) is 1. The fourth-order valence-corrected chi connectivity index (χ4v) is 7.67. The van der Waals surface area contributed by atoms with E-state index in [0.717, 1.165) is 0 Å². The maximum absolute atomic E-state index is 11.5. The van der Waals surface area contributed by atoms with Gasteiger partial charge in [-0.15, -0.1) is 0 Å². The van der Waals surface area contributed by atoms with Crippen LogP contribution in [-0.4, -0.2) is 107 Å². The molecule has 8 atom stereocenters. The Morgan fingerprint density at radius 2 is 1.14 bits per heavy atom. The molecule has 0 bridgehead atoms. The van der Waals surface area contributed by atoms with E-state index in [0.29, 0.717) is 34.4 Å². The number of carboxylic acids is 2. The van der Waals surface area contributed by atoms with Crippen LogP contribution in [0.3, 0.4) is 0 Å². The summed E-state index contributed by atoms with van der Waals surface area (Å²) in [5.41, 5.74) is 14.8. The Balaban J connectivity index is 0.000000334. The third-order valence-electron chi connectivity index (χ3n) is 9.68. The van der Waals surface area contributed by atoms with Gasteiger partial charge < -0.3 is 62.4 Å². The molecule has 50 heavy (non-hydrogen) atoms. The third kappa shape index (κ3) is 8.16. The molecular weight excluding hydrogens is 646 g/mol. The number of hydrogen-bond donors (Lipinski definition) is 10. The highest BCUT2D eigenvalue weighted by atomic mass is 16.4. The fourth-order valence-electron chi connectivity index (χ4n) is 7.67. The van der Waals surface area contributed by atoms with Gasteiger partial charge in [-0.3, -0.25) is 9.59 Å². The third-order valence-corrected chi connectivity index (χ3v) is 9.68. The van der Waals surface area contributed by atoms with Crippen molar-refractivity contribution in [2.45, 2.75) is 94.9 Å². The Morgan fingerprint density at radius 1 is 0.740 bits per heavy atom. The number of carboxylic acid groups (broad SMARTS) is 2. The molecule has 2 fully saturated rings. The van der Waals surface area contributed by atoms with Crippen molar-refractivity contribution in [3.63, 3.8) is 0 Å². The molecule has 0 aromatic heterocycles. The first-order valence-electron chi connectivity index (χ1n) is 16.4. The Bertz CT molecular complexity index is 1540. The van der Waals surface area contributed by atoms with E-state index in [2.05, 4.69) is 10.6 Å². The molecule has 8 unspecified atom stereocenters. The molecule has 2 aromatic carbocycles. The molecule has 0 saturated heterocycles. The minimum atomic E-state index is -0.942. The number of rotatable bonds is 8. The monoisotopic (exact) mass is 703 g/mol. The number of phenols is 4. The van der Waals surface area contributed by atoms with E-state index < -0.39 is 41.3 Å². The van der Waals surface area contributed by atoms with Crippen LogP contribution in [0.1, 0.15) is 81.2 Å². The lowest BCUT2D eigenvalue weighted by Crippen LogP contribution is -2.66. The van der Waals surface area contributed by atoms with E-state index in [1.54, 1.807) is 26.2 Å². The topological polar surface area (TPSA) is 252 Å². The molecule has 14 heteroatoms. The van der Waals surface area contributed by atoms with Crippen molar-refractivity contribution in [3.05, 3.63) is 46.0 Å². The number of benzene rings is 2. The van der Waals surface area contributed by atoms with Crippen LogP contribution in [0.25, 0.3) is 0 Å². The van der Waals surface area contributed by atoms with Crippen LogP contribution in [0, 0.1) is 11.8 Å². The van der Waals surface area contributed by atoms with E-state index in [1.807, 2.05) is 67.3 Å². The molecule has 0 spiro atoms. The van der Waals surface area contributed by atoms with Gasteiger partial charge in [-0.1, -0.05) is 41.5 Å². The summed E-state index contributed by atoms with van der Waals surface area (Å²) in [4.78, 5) is 32.7. The van der Waals surface area contributed by atoms with Gasteiger partial charge in [0.05, 0.1) is 11.8 Å². The number of aromatic hydroxyl groups is 4. The van der Waals surface area contributed by atoms with Crippen LogP contribution in [0.4, 0.5) is 0 Å². The molecule has 12 N–H and O–H groups in total. The van der Waals surface area contributed by atoms with Crippen molar-refractivity contribution < 1.29 is 45.0 Å². The lowest BCUT2D eigenvalue weighted by Gasteiger charge is -2.49. The lowest BCUT2D eigenvalue weighted by molar-refractivity contribution is -0.149. The van der Waals surface area contributed by atoms with Gasteiger partial charge in [-0.05, 0) is 62.3 Å². The fraction of sp³-hybridized carbons (Fsp3) is 0.583. The summed E-state index contributed by atoms with van der Waals surface area (Å²) in [5, 5.41) is 66.4. The van der Waals surface area contributed by atoms with Gasteiger partial charge in [-0.25, -0.2) is 0 Å². The number of phenolic OH excluding ortho intramolecular Hbond substituents is 4. The minimum Gasteiger partial charge on any atom is -0.508 e. The van der Waals surface area contributed by atoms with Gasteiger partial charge in [0.15, 0.2) is 0 Å². The molecule has 2 aliphatic rings. The first kappa shape index (κ1) is 42.2. The van der Waals surface area contributed by atoms with Crippen LogP contribution in [0.15, 0.2) is 18.2 Å². The molecule has 0 heterocycles. The predicted molar refractivity (Wildman–Crippen MR) is 191 cm³/mol. The number of aliphatic carboxylic acids is 2. The van der Waals surface area contributed by atoms with E-state index in [1.165, 1.54) is 6.07 Å². The summed E-state index contributed by atoms with van der Waals surface area (Å²) in [7, 11) is 7.12. The van der Waals surface area contributed by atoms with E-state index in [9.17, 15) is 40.2 Å². The predicted octanol–water partition coefficient (Wildman–Crippen LogP) is 2.09. The van der Waals surface area contributed by atoms with Gasteiger partial charge >= 0.3 is 11.9 Å². The smallest absolute Gasteiger partial charge is 0.309 e. The molecule has 2 aromatic rings. The van der Waals surface area contributed by atoms with Crippen molar-refractivity contribution in [1.29, 1.82) is 0 Å². The Hall–Kier alpha value is -3.95. The summed E-state index contributed by atoms with van der Waals surface area (Å²) in [6, 6.07) is 2.66. The normalized spacial score (nSPS) is 26.0. The Kier molecular flexibility index (Phi) is 13.5. The molecule has 2 aliphatic carbocycles. The number of nitrogens with two attached hydrogens (primary N) is 2. The number of hydrogen-bond acceptors (Lipinski definition) is 12. The number of carbonyl (C=O) groups is 3. The van der Waals surface area contributed by atoms with Gasteiger partial charge in [0, 0.05) is 65.3 Å². The van der Waals surface area contributed by atoms with Crippen molar-refractivity contribution in [2.24, 2.45) is 23.3 Å². The largest absolute Gasteiger partial charge is 0.508 e. The second kappa shape index (κ2) is 15.9. The SMILES string of the molecule is C=O.CNC1C(C(=O)O)C(N)C1c1cc(O)c(CN(C)C)c(O)c1C(C)(C)C.CNC1C(C(=O)O)C(N)C1c1cc(O)cc(O)c1C(C)(C)C. The average molecular weight is 704 g/mol. The highest BCUT2D eigenvalue weighted by Crippen LogP contribution is 2.50. The zero-order chi connectivity index (χ0) is 38.8. The van der Waals surface area contributed by atoms with Crippen molar-refractivity contribution in [2.75, 3.05) is 28.2 Å². The maximum atomic E-state index is 11.5. The summed E-state index contributed by atoms with van der Waals surface area (Å²) in [6.07, 6.45) is 0. The Labute approximate surface area is 294 Å². The minimum absolute atomic E-state index is 0.0000260. The zero-order valence-corrected chi connectivity index (χ0v) is 30.8. The summed E-state index contributed by atoms with van der Waals surface area (Å²) in [6.45, 7) is 14.2. The molecule has 14 nitrogen and oxygen atoms in total. The summed E-state index contributed by atoms with van der Waals surface area (Å²) in [5.74, 6) is -3.85. The average Bonchev–Trinajstić information content (AvgIpc) is 2.95. The van der Waals surface area contributed by atoms with Crippen molar-refractivity contribution in [1.82, 2.24) is 15.5 Å². The van der Waals surface area contributed by atoms with Gasteiger partial charge in [0.2, 0.25) is 0 Å². The molecular formula is C36H57N5O9. The van der Waals surface area contributed by atoms with Crippen molar-refractivity contribution >= 4 is 18.7 Å². The van der Waals surface area contributed by atoms with E-state index >= 15 is 0 Å². The molecule has 280 valence electrons. The number of carbonyl (C=O) groups excluding carboxylic acids is 1. The Morgan fingerprint density at radius 3 is 1.48 bits per heavy atom. The second-order valence-corrected chi connectivity index (χ2v) is 15.4.